The highest BCUT2D eigenvalue weighted by atomic mass is 14.9. The summed E-state index contributed by atoms with van der Waals surface area (Å²) in [4.78, 5) is 0. The fourth-order valence-corrected chi connectivity index (χ4v) is 1.69. The van der Waals surface area contributed by atoms with Crippen LogP contribution in [0.5, 0.6) is 0 Å². The van der Waals surface area contributed by atoms with Crippen LogP contribution in [0.25, 0.3) is 0 Å². The Hall–Kier alpha value is -0.0800. The summed E-state index contributed by atoms with van der Waals surface area (Å²) >= 11 is 0. The zero-order chi connectivity index (χ0) is 12.2. The predicted molar refractivity (Wildman–Crippen MR) is 73.9 cm³/mol. The predicted octanol–water partition coefficient (Wildman–Crippen LogP) is 3.18. The number of nitrogens with one attached hydrogen (secondary N) is 2. The molecule has 2 N–H and O–H groups in total. The quantitative estimate of drug-likeness (QED) is 0.531. The Bertz CT molecular complexity index is 117. The van der Waals surface area contributed by atoms with Gasteiger partial charge in [-0.2, -0.15) is 0 Å². The third kappa shape index (κ3) is 13.9. The maximum Gasteiger partial charge on any atom is 0.00103 e. The normalized spacial score (nSPS) is 11.6. The SMILES string of the molecule is CC(C)CNCCCCCCCNC(C)C. The molecular weight excluding hydrogens is 196 g/mol. The third-order valence-corrected chi connectivity index (χ3v) is 2.64. The summed E-state index contributed by atoms with van der Waals surface area (Å²) in [6.45, 7) is 12.5. The summed E-state index contributed by atoms with van der Waals surface area (Å²) in [5.41, 5.74) is 0. The van der Waals surface area contributed by atoms with Crippen molar-refractivity contribution in [3.63, 3.8) is 0 Å². The molecule has 0 bridgehead atoms. The highest BCUT2D eigenvalue weighted by Gasteiger charge is 1.94. The van der Waals surface area contributed by atoms with Crippen LogP contribution in [-0.4, -0.2) is 25.7 Å². The fourth-order valence-electron chi connectivity index (χ4n) is 1.69. The molecule has 0 unspecified atom stereocenters. The van der Waals surface area contributed by atoms with E-state index < -0.39 is 0 Å². The highest BCUT2D eigenvalue weighted by molar-refractivity contribution is 4.55. The maximum atomic E-state index is 3.49. The van der Waals surface area contributed by atoms with Crippen molar-refractivity contribution < 1.29 is 0 Å². The first-order valence-corrected chi connectivity index (χ1v) is 7.07. The maximum absolute atomic E-state index is 3.49. The molecule has 0 heterocycles. The van der Waals surface area contributed by atoms with Crippen LogP contribution in [0.2, 0.25) is 0 Å². The minimum atomic E-state index is 0.639. The van der Waals surface area contributed by atoms with E-state index in [0.29, 0.717) is 6.04 Å². The largest absolute Gasteiger partial charge is 0.316 e. The minimum absolute atomic E-state index is 0.639. The third-order valence-electron chi connectivity index (χ3n) is 2.64. The van der Waals surface area contributed by atoms with Crippen LogP contribution in [0.1, 0.15) is 59.8 Å². The lowest BCUT2D eigenvalue weighted by Crippen LogP contribution is -2.23. The Kier molecular flexibility index (Phi) is 11.3. The second-order valence-corrected chi connectivity index (χ2v) is 5.47. The van der Waals surface area contributed by atoms with Gasteiger partial charge in [0.15, 0.2) is 0 Å². The van der Waals surface area contributed by atoms with Gasteiger partial charge in [0.05, 0.1) is 0 Å². The highest BCUT2D eigenvalue weighted by Crippen LogP contribution is 2.02. The van der Waals surface area contributed by atoms with Gasteiger partial charge in [-0.3, -0.25) is 0 Å². The molecule has 0 spiro atoms. The van der Waals surface area contributed by atoms with Crippen molar-refractivity contribution in [2.75, 3.05) is 19.6 Å². The van der Waals surface area contributed by atoms with Gasteiger partial charge in [0.1, 0.15) is 0 Å². The second-order valence-electron chi connectivity index (χ2n) is 5.47. The molecule has 0 atom stereocenters. The molecule has 2 heteroatoms. The molecule has 0 saturated carbocycles. The number of unbranched alkanes of at least 4 members (excludes halogenated alkanes) is 4. The van der Waals surface area contributed by atoms with Gasteiger partial charge in [-0.15, -0.1) is 0 Å². The van der Waals surface area contributed by atoms with Crippen molar-refractivity contribution in [3.05, 3.63) is 0 Å². The Labute approximate surface area is 103 Å². The van der Waals surface area contributed by atoms with E-state index in [9.17, 15) is 0 Å². The summed E-state index contributed by atoms with van der Waals surface area (Å²) in [6.07, 6.45) is 6.82. The molecule has 0 saturated heterocycles. The van der Waals surface area contributed by atoms with Crippen LogP contribution in [0.3, 0.4) is 0 Å². The van der Waals surface area contributed by atoms with Crippen molar-refractivity contribution in [3.8, 4) is 0 Å². The van der Waals surface area contributed by atoms with Crippen molar-refractivity contribution in [1.29, 1.82) is 0 Å². The topological polar surface area (TPSA) is 24.1 Å². The van der Waals surface area contributed by atoms with Gasteiger partial charge < -0.3 is 10.6 Å². The van der Waals surface area contributed by atoms with Crippen molar-refractivity contribution in [1.82, 2.24) is 10.6 Å². The molecule has 2 nitrogen and oxygen atoms in total. The monoisotopic (exact) mass is 228 g/mol. The van der Waals surface area contributed by atoms with Gasteiger partial charge in [0.2, 0.25) is 0 Å². The summed E-state index contributed by atoms with van der Waals surface area (Å²) < 4.78 is 0. The molecule has 0 fully saturated rings. The van der Waals surface area contributed by atoms with E-state index >= 15 is 0 Å². The molecule has 0 rings (SSSR count). The smallest absolute Gasteiger partial charge is 0.00103 e. The molecule has 0 radical (unpaired) electrons. The van der Waals surface area contributed by atoms with E-state index in [1.165, 1.54) is 45.2 Å². The summed E-state index contributed by atoms with van der Waals surface area (Å²) in [5.74, 6) is 0.780. The second kappa shape index (κ2) is 11.4. The van der Waals surface area contributed by atoms with Gasteiger partial charge >= 0.3 is 0 Å². The molecule has 0 aliphatic carbocycles. The van der Waals surface area contributed by atoms with E-state index in [2.05, 4.69) is 38.3 Å². The Morgan fingerprint density at radius 3 is 1.88 bits per heavy atom. The van der Waals surface area contributed by atoms with Crippen LogP contribution in [-0.2, 0) is 0 Å². The van der Waals surface area contributed by atoms with E-state index in [0.717, 1.165) is 12.5 Å². The molecule has 0 aliphatic rings. The number of hydrogen-bond acceptors (Lipinski definition) is 2. The Morgan fingerprint density at radius 1 is 0.750 bits per heavy atom. The van der Waals surface area contributed by atoms with Gasteiger partial charge in [0, 0.05) is 6.04 Å². The molecule has 98 valence electrons. The molecule has 0 aliphatic heterocycles. The van der Waals surface area contributed by atoms with Gasteiger partial charge in [-0.25, -0.2) is 0 Å². The molecule has 0 amide bonds. The standard InChI is InChI=1S/C14H32N2/c1-13(2)12-15-10-8-6-5-7-9-11-16-14(3)4/h13-16H,5-12H2,1-4H3. The van der Waals surface area contributed by atoms with Crippen molar-refractivity contribution in [2.45, 2.75) is 65.8 Å². The van der Waals surface area contributed by atoms with Crippen molar-refractivity contribution in [2.24, 2.45) is 5.92 Å². The van der Waals surface area contributed by atoms with Crippen LogP contribution in [0.15, 0.2) is 0 Å². The van der Waals surface area contributed by atoms with E-state index in [1.54, 1.807) is 0 Å². The molecule has 16 heavy (non-hydrogen) atoms. The van der Waals surface area contributed by atoms with E-state index in [-0.39, 0.29) is 0 Å². The van der Waals surface area contributed by atoms with Crippen LogP contribution in [0, 0.1) is 5.92 Å². The van der Waals surface area contributed by atoms with E-state index in [1.807, 2.05) is 0 Å². The zero-order valence-corrected chi connectivity index (χ0v) is 11.8. The molecule has 0 aromatic heterocycles. The van der Waals surface area contributed by atoms with Crippen LogP contribution >= 0.6 is 0 Å². The van der Waals surface area contributed by atoms with Gasteiger partial charge in [-0.05, 0) is 38.4 Å². The molecule has 0 aromatic rings. The van der Waals surface area contributed by atoms with Crippen LogP contribution in [0.4, 0.5) is 0 Å². The lowest BCUT2D eigenvalue weighted by Gasteiger charge is -2.08. The molecular formula is C14H32N2. The minimum Gasteiger partial charge on any atom is -0.316 e. The van der Waals surface area contributed by atoms with Crippen molar-refractivity contribution >= 4 is 0 Å². The fraction of sp³-hybridized carbons (Fsp3) is 1.00. The first-order chi connectivity index (χ1) is 7.63. The lowest BCUT2D eigenvalue weighted by molar-refractivity contribution is 0.511. The number of hydrogen-bond donors (Lipinski definition) is 2. The Balaban J connectivity index is 2.93. The lowest BCUT2D eigenvalue weighted by atomic mass is 10.1. The number of rotatable bonds is 11. The van der Waals surface area contributed by atoms with Crippen LogP contribution < -0.4 is 10.6 Å². The first kappa shape index (κ1) is 15.9. The zero-order valence-electron chi connectivity index (χ0n) is 11.8. The van der Waals surface area contributed by atoms with Gasteiger partial charge in [-0.1, -0.05) is 47.0 Å². The first-order valence-electron chi connectivity index (χ1n) is 7.07. The summed E-state index contributed by atoms with van der Waals surface area (Å²) in [7, 11) is 0. The average Bonchev–Trinajstić information content (AvgIpc) is 2.20. The Morgan fingerprint density at radius 2 is 1.31 bits per heavy atom. The molecule has 0 aromatic carbocycles. The van der Waals surface area contributed by atoms with E-state index in [4.69, 9.17) is 0 Å². The van der Waals surface area contributed by atoms with Gasteiger partial charge in [0.25, 0.3) is 0 Å². The summed E-state index contributed by atoms with van der Waals surface area (Å²) in [6, 6.07) is 0.639. The summed E-state index contributed by atoms with van der Waals surface area (Å²) in [5, 5.41) is 6.95. The average molecular weight is 228 g/mol.